The Hall–Kier alpha value is -1.73. The summed E-state index contributed by atoms with van der Waals surface area (Å²) >= 11 is 1.77. The standard InChI is InChI=1S/C14H18N2O4S/c1-19-13(17)8-20-11-4-2-10(3-5-11)16-14(18)12-9-21-7-6-15-12/h2-5,12,15H,6-9H2,1H3,(H,16,18). The van der Waals surface area contributed by atoms with Crippen LogP contribution in [0, 0.1) is 0 Å². The van der Waals surface area contributed by atoms with Gasteiger partial charge in [-0.15, -0.1) is 0 Å². The average molecular weight is 310 g/mol. The molecular formula is C14H18N2O4S. The van der Waals surface area contributed by atoms with Gasteiger partial charge in [0.15, 0.2) is 6.61 Å². The van der Waals surface area contributed by atoms with Gasteiger partial charge in [0.1, 0.15) is 5.75 Å². The van der Waals surface area contributed by atoms with Crippen molar-refractivity contribution in [1.82, 2.24) is 5.32 Å². The maximum Gasteiger partial charge on any atom is 0.343 e. The van der Waals surface area contributed by atoms with Gasteiger partial charge in [0.05, 0.1) is 13.2 Å². The van der Waals surface area contributed by atoms with Crippen LogP contribution < -0.4 is 15.4 Å². The summed E-state index contributed by atoms with van der Waals surface area (Å²) in [6.07, 6.45) is 0. The summed E-state index contributed by atoms with van der Waals surface area (Å²) < 4.78 is 9.72. The van der Waals surface area contributed by atoms with Crippen molar-refractivity contribution in [2.45, 2.75) is 6.04 Å². The molecule has 1 saturated heterocycles. The predicted molar refractivity (Wildman–Crippen MR) is 81.7 cm³/mol. The summed E-state index contributed by atoms with van der Waals surface area (Å²) in [6.45, 7) is 0.717. The molecule has 0 saturated carbocycles. The van der Waals surface area contributed by atoms with E-state index in [-0.39, 0.29) is 18.6 Å². The maximum absolute atomic E-state index is 12.0. The smallest absolute Gasteiger partial charge is 0.343 e. The number of nitrogens with one attached hydrogen (secondary N) is 2. The molecule has 21 heavy (non-hydrogen) atoms. The normalized spacial score (nSPS) is 17.9. The molecule has 0 bridgehead atoms. The van der Waals surface area contributed by atoms with Gasteiger partial charge >= 0.3 is 5.97 Å². The highest BCUT2D eigenvalue weighted by atomic mass is 32.2. The Labute approximate surface area is 127 Å². The van der Waals surface area contributed by atoms with E-state index in [9.17, 15) is 9.59 Å². The van der Waals surface area contributed by atoms with Gasteiger partial charge in [-0.1, -0.05) is 0 Å². The number of hydrogen-bond acceptors (Lipinski definition) is 6. The number of esters is 1. The van der Waals surface area contributed by atoms with Crippen LogP contribution in [-0.4, -0.2) is 49.7 Å². The van der Waals surface area contributed by atoms with E-state index >= 15 is 0 Å². The van der Waals surface area contributed by atoms with Gasteiger partial charge in [-0.25, -0.2) is 4.79 Å². The molecule has 1 unspecified atom stereocenters. The Morgan fingerprint density at radius 1 is 1.38 bits per heavy atom. The monoisotopic (exact) mass is 310 g/mol. The molecule has 114 valence electrons. The Morgan fingerprint density at radius 3 is 2.76 bits per heavy atom. The number of ether oxygens (including phenoxy) is 2. The van der Waals surface area contributed by atoms with Gasteiger partial charge in [0.25, 0.3) is 0 Å². The van der Waals surface area contributed by atoms with Gasteiger partial charge in [0, 0.05) is 23.7 Å². The van der Waals surface area contributed by atoms with Crippen molar-refractivity contribution in [3.63, 3.8) is 0 Å². The quantitative estimate of drug-likeness (QED) is 0.786. The molecule has 0 spiro atoms. The fourth-order valence-corrected chi connectivity index (χ4v) is 2.73. The average Bonchev–Trinajstić information content (AvgIpc) is 2.54. The lowest BCUT2D eigenvalue weighted by Gasteiger charge is -2.22. The Morgan fingerprint density at radius 2 is 2.14 bits per heavy atom. The second kappa shape index (κ2) is 7.90. The molecule has 1 aromatic rings. The largest absolute Gasteiger partial charge is 0.482 e. The molecule has 1 atom stereocenters. The zero-order valence-corrected chi connectivity index (χ0v) is 12.6. The van der Waals surface area contributed by atoms with Crippen molar-refractivity contribution in [2.75, 3.05) is 37.1 Å². The fraction of sp³-hybridized carbons (Fsp3) is 0.429. The Kier molecular flexibility index (Phi) is 5.89. The summed E-state index contributed by atoms with van der Waals surface area (Å²) in [5.74, 6) is 1.89. The predicted octanol–water partition coefficient (Wildman–Crippen LogP) is 0.882. The molecule has 7 heteroatoms. The van der Waals surface area contributed by atoms with Crippen LogP contribution in [0.15, 0.2) is 24.3 Å². The van der Waals surface area contributed by atoms with Gasteiger partial charge in [-0.05, 0) is 24.3 Å². The van der Waals surface area contributed by atoms with Crippen molar-refractivity contribution in [3.8, 4) is 5.75 Å². The SMILES string of the molecule is COC(=O)COc1ccc(NC(=O)C2CSCCN2)cc1. The van der Waals surface area contributed by atoms with Crippen LogP contribution in [0.3, 0.4) is 0 Å². The number of rotatable bonds is 5. The molecule has 1 aliphatic rings. The molecule has 1 aromatic carbocycles. The van der Waals surface area contributed by atoms with E-state index in [0.29, 0.717) is 11.4 Å². The number of methoxy groups -OCH3 is 1. The lowest BCUT2D eigenvalue weighted by atomic mass is 10.2. The maximum atomic E-state index is 12.0. The zero-order valence-electron chi connectivity index (χ0n) is 11.8. The fourth-order valence-electron chi connectivity index (χ4n) is 1.80. The molecule has 6 nitrogen and oxygen atoms in total. The van der Waals surface area contributed by atoms with E-state index < -0.39 is 5.97 Å². The van der Waals surface area contributed by atoms with E-state index in [1.54, 1.807) is 36.0 Å². The molecule has 2 rings (SSSR count). The number of carbonyl (C=O) groups excluding carboxylic acids is 2. The third-order valence-electron chi connectivity index (χ3n) is 2.94. The number of benzene rings is 1. The van der Waals surface area contributed by atoms with Crippen LogP contribution >= 0.6 is 11.8 Å². The molecule has 1 amide bonds. The highest BCUT2D eigenvalue weighted by molar-refractivity contribution is 7.99. The first-order chi connectivity index (χ1) is 10.2. The number of carbonyl (C=O) groups is 2. The van der Waals surface area contributed by atoms with E-state index in [2.05, 4.69) is 15.4 Å². The summed E-state index contributed by atoms with van der Waals surface area (Å²) in [5.41, 5.74) is 0.697. The lowest BCUT2D eigenvalue weighted by molar-refractivity contribution is -0.142. The van der Waals surface area contributed by atoms with E-state index in [0.717, 1.165) is 18.1 Å². The van der Waals surface area contributed by atoms with Gasteiger partial charge in [-0.2, -0.15) is 11.8 Å². The lowest BCUT2D eigenvalue weighted by Crippen LogP contribution is -2.46. The minimum absolute atomic E-state index is 0.0366. The summed E-state index contributed by atoms with van der Waals surface area (Å²) in [7, 11) is 1.31. The molecule has 1 heterocycles. The van der Waals surface area contributed by atoms with Gasteiger partial charge < -0.3 is 20.1 Å². The minimum atomic E-state index is -0.437. The summed E-state index contributed by atoms with van der Waals surface area (Å²) in [4.78, 5) is 23.0. The summed E-state index contributed by atoms with van der Waals surface area (Å²) in [5, 5.41) is 6.03. The van der Waals surface area contributed by atoms with Crippen molar-refractivity contribution < 1.29 is 19.1 Å². The highest BCUT2D eigenvalue weighted by Gasteiger charge is 2.20. The first kappa shape index (κ1) is 15.7. The van der Waals surface area contributed by atoms with Crippen molar-refractivity contribution >= 4 is 29.3 Å². The van der Waals surface area contributed by atoms with Crippen molar-refractivity contribution in [2.24, 2.45) is 0 Å². The third kappa shape index (κ3) is 4.95. The number of amides is 1. The molecule has 0 aliphatic carbocycles. The molecule has 1 aliphatic heterocycles. The van der Waals surface area contributed by atoms with Crippen LogP contribution in [0.2, 0.25) is 0 Å². The second-order valence-electron chi connectivity index (χ2n) is 4.46. The first-order valence-corrected chi connectivity index (χ1v) is 7.76. The molecule has 0 aromatic heterocycles. The van der Waals surface area contributed by atoms with Crippen LogP contribution in [0.5, 0.6) is 5.75 Å². The first-order valence-electron chi connectivity index (χ1n) is 6.60. The Balaban J connectivity index is 1.84. The van der Waals surface area contributed by atoms with Crippen molar-refractivity contribution in [1.29, 1.82) is 0 Å². The topological polar surface area (TPSA) is 76.7 Å². The van der Waals surface area contributed by atoms with E-state index in [1.807, 2.05) is 0 Å². The second-order valence-corrected chi connectivity index (χ2v) is 5.61. The Bertz CT molecular complexity index is 486. The number of anilines is 1. The van der Waals surface area contributed by atoms with Gasteiger partial charge in [0.2, 0.25) is 5.91 Å². The highest BCUT2D eigenvalue weighted by Crippen LogP contribution is 2.16. The van der Waals surface area contributed by atoms with Crippen LogP contribution in [0.4, 0.5) is 5.69 Å². The van der Waals surface area contributed by atoms with Crippen molar-refractivity contribution in [3.05, 3.63) is 24.3 Å². The summed E-state index contributed by atoms with van der Waals surface area (Å²) in [6, 6.07) is 6.71. The van der Waals surface area contributed by atoms with E-state index in [1.165, 1.54) is 7.11 Å². The van der Waals surface area contributed by atoms with Gasteiger partial charge in [-0.3, -0.25) is 4.79 Å². The van der Waals surface area contributed by atoms with Crippen LogP contribution in [-0.2, 0) is 14.3 Å². The molecule has 2 N–H and O–H groups in total. The molecule has 1 fully saturated rings. The van der Waals surface area contributed by atoms with Crippen LogP contribution in [0.25, 0.3) is 0 Å². The number of hydrogen-bond donors (Lipinski definition) is 2. The molecule has 0 radical (unpaired) electrons. The minimum Gasteiger partial charge on any atom is -0.482 e. The van der Waals surface area contributed by atoms with Crippen LogP contribution in [0.1, 0.15) is 0 Å². The third-order valence-corrected chi connectivity index (χ3v) is 4.01. The van der Waals surface area contributed by atoms with E-state index in [4.69, 9.17) is 4.74 Å². The zero-order chi connectivity index (χ0) is 15.1. The number of thioether (sulfide) groups is 1. The molecular weight excluding hydrogens is 292 g/mol.